The molecule has 1 unspecified atom stereocenters. The van der Waals surface area contributed by atoms with Crippen LogP contribution in [0.1, 0.15) is 43.5 Å². The van der Waals surface area contributed by atoms with Crippen molar-refractivity contribution in [3.8, 4) is 0 Å². The van der Waals surface area contributed by atoms with Crippen LogP contribution in [0.15, 0.2) is 18.5 Å². The molecule has 1 amide bonds. The van der Waals surface area contributed by atoms with E-state index >= 15 is 0 Å². The van der Waals surface area contributed by atoms with Crippen molar-refractivity contribution in [3.63, 3.8) is 0 Å². The van der Waals surface area contributed by atoms with Crippen LogP contribution in [0.25, 0.3) is 0 Å². The minimum atomic E-state index is 0.136. The minimum absolute atomic E-state index is 0.136. The zero-order chi connectivity index (χ0) is 13.7. The van der Waals surface area contributed by atoms with Gasteiger partial charge in [-0.05, 0) is 24.8 Å². The standard InChI is InChI=1S/C15H23N3O/c1-3-7-17-14-10-16-8-5-13(14)15(19)18-9-6-12(4-2)11-18/h5,8,10,12,17H,3-4,6-7,9,11H2,1-2H3. The molecular formula is C15H23N3O. The fraction of sp³-hybridized carbons (Fsp3) is 0.600. The molecule has 0 spiro atoms. The molecule has 1 atom stereocenters. The highest BCUT2D eigenvalue weighted by atomic mass is 16.2. The van der Waals surface area contributed by atoms with E-state index in [4.69, 9.17) is 0 Å². The van der Waals surface area contributed by atoms with Gasteiger partial charge in [-0.15, -0.1) is 0 Å². The average molecular weight is 261 g/mol. The molecular weight excluding hydrogens is 238 g/mol. The molecule has 0 bridgehead atoms. The van der Waals surface area contributed by atoms with Gasteiger partial charge in [0.1, 0.15) is 0 Å². The molecule has 2 rings (SSSR count). The molecule has 1 saturated heterocycles. The van der Waals surface area contributed by atoms with E-state index in [9.17, 15) is 4.79 Å². The number of aromatic nitrogens is 1. The third-order valence-electron chi connectivity index (χ3n) is 3.77. The lowest BCUT2D eigenvalue weighted by Gasteiger charge is -2.18. The maximum Gasteiger partial charge on any atom is 0.256 e. The summed E-state index contributed by atoms with van der Waals surface area (Å²) in [4.78, 5) is 18.6. The van der Waals surface area contributed by atoms with Gasteiger partial charge in [0, 0.05) is 25.8 Å². The molecule has 1 fully saturated rings. The zero-order valence-electron chi connectivity index (χ0n) is 11.9. The van der Waals surface area contributed by atoms with Crippen molar-refractivity contribution < 1.29 is 4.79 Å². The Morgan fingerprint density at radius 2 is 2.37 bits per heavy atom. The van der Waals surface area contributed by atoms with Gasteiger partial charge in [0.25, 0.3) is 5.91 Å². The number of carbonyl (C=O) groups excluding carboxylic acids is 1. The molecule has 0 radical (unpaired) electrons. The maximum atomic E-state index is 12.6. The van der Waals surface area contributed by atoms with E-state index in [1.54, 1.807) is 12.4 Å². The summed E-state index contributed by atoms with van der Waals surface area (Å²) < 4.78 is 0. The SMILES string of the molecule is CCCNc1cnccc1C(=O)N1CCC(CC)C1. The third-order valence-corrected chi connectivity index (χ3v) is 3.77. The summed E-state index contributed by atoms with van der Waals surface area (Å²) in [6.45, 7) is 6.94. The summed E-state index contributed by atoms with van der Waals surface area (Å²) in [6.07, 6.45) is 6.75. The van der Waals surface area contributed by atoms with Gasteiger partial charge in [-0.2, -0.15) is 0 Å². The largest absolute Gasteiger partial charge is 0.383 e. The average Bonchev–Trinajstić information content (AvgIpc) is 2.93. The molecule has 1 N–H and O–H groups in total. The molecule has 19 heavy (non-hydrogen) atoms. The van der Waals surface area contributed by atoms with E-state index < -0.39 is 0 Å². The summed E-state index contributed by atoms with van der Waals surface area (Å²) in [5.41, 5.74) is 1.61. The Hall–Kier alpha value is -1.58. The summed E-state index contributed by atoms with van der Waals surface area (Å²) in [5, 5.41) is 3.28. The van der Waals surface area contributed by atoms with Crippen LogP contribution in [0, 0.1) is 5.92 Å². The molecule has 1 aliphatic heterocycles. The number of pyridine rings is 1. The van der Waals surface area contributed by atoms with Crippen LogP contribution < -0.4 is 5.32 Å². The first kappa shape index (κ1) is 13.8. The van der Waals surface area contributed by atoms with Crippen LogP contribution in [-0.2, 0) is 0 Å². The molecule has 1 aromatic heterocycles. The first-order valence-corrected chi connectivity index (χ1v) is 7.23. The lowest BCUT2D eigenvalue weighted by molar-refractivity contribution is 0.0787. The molecule has 4 nitrogen and oxygen atoms in total. The molecule has 2 heterocycles. The van der Waals surface area contributed by atoms with E-state index in [2.05, 4.69) is 24.1 Å². The lowest BCUT2D eigenvalue weighted by Crippen LogP contribution is -2.29. The van der Waals surface area contributed by atoms with Crippen molar-refractivity contribution in [1.82, 2.24) is 9.88 Å². The minimum Gasteiger partial charge on any atom is -0.383 e. The molecule has 104 valence electrons. The number of carbonyl (C=O) groups is 1. The predicted octanol–water partition coefficient (Wildman–Crippen LogP) is 2.78. The number of hydrogen-bond donors (Lipinski definition) is 1. The molecule has 0 aromatic carbocycles. The molecule has 0 saturated carbocycles. The van der Waals surface area contributed by atoms with Gasteiger partial charge in [-0.3, -0.25) is 9.78 Å². The number of anilines is 1. The fourth-order valence-electron chi connectivity index (χ4n) is 2.50. The fourth-order valence-corrected chi connectivity index (χ4v) is 2.50. The topological polar surface area (TPSA) is 45.2 Å². The van der Waals surface area contributed by atoms with E-state index in [0.29, 0.717) is 5.92 Å². The zero-order valence-corrected chi connectivity index (χ0v) is 11.9. The molecule has 0 aliphatic carbocycles. The Kier molecular flexibility index (Phi) is 4.77. The maximum absolute atomic E-state index is 12.6. The van der Waals surface area contributed by atoms with Crippen molar-refractivity contribution >= 4 is 11.6 Å². The summed E-state index contributed by atoms with van der Waals surface area (Å²) >= 11 is 0. The van der Waals surface area contributed by atoms with Gasteiger partial charge in [0.2, 0.25) is 0 Å². The van der Waals surface area contributed by atoms with E-state index in [1.807, 2.05) is 11.0 Å². The van der Waals surface area contributed by atoms with Crippen molar-refractivity contribution in [3.05, 3.63) is 24.0 Å². The Morgan fingerprint density at radius 1 is 1.53 bits per heavy atom. The molecule has 4 heteroatoms. The Labute approximate surface area is 115 Å². The summed E-state index contributed by atoms with van der Waals surface area (Å²) in [5.74, 6) is 0.801. The van der Waals surface area contributed by atoms with Crippen LogP contribution in [0.5, 0.6) is 0 Å². The van der Waals surface area contributed by atoms with E-state index in [1.165, 1.54) is 0 Å². The van der Waals surface area contributed by atoms with Crippen LogP contribution >= 0.6 is 0 Å². The van der Waals surface area contributed by atoms with Crippen LogP contribution in [0.4, 0.5) is 5.69 Å². The van der Waals surface area contributed by atoms with Gasteiger partial charge in [-0.25, -0.2) is 0 Å². The Morgan fingerprint density at radius 3 is 3.05 bits per heavy atom. The van der Waals surface area contributed by atoms with Gasteiger partial charge >= 0.3 is 0 Å². The third kappa shape index (κ3) is 3.25. The second-order valence-corrected chi connectivity index (χ2v) is 5.16. The van der Waals surface area contributed by atoms with E-state index in [0.717, 1.165) is 50.1 Å². The van der Waals surface area contributed by atoms with Crippen LogP contribution in [0.3, 0.4) is 0 Å². The van der Waals surface area contributed by atoms with Crippen molar-refractivity contribution in [2.75, 3.05) is 25.0 Å². The quantitative estimate of drug-likeness (QED) is 0.886. The number of amides is 1. The Balaban J connectivity index is 2.10. The van der Waals surface area contributed by atoms with Gasteiger partial charge in [0.15, 0.2) is 0 Å². The number of hydrogen-bond acceptors (Lipinski definition) is 3. The van der Waals surface area contributed by atoms with Crippen molar-refractivity contribution in [2.45, 2.75) is 33.1 Å². The first-order valence-electron chi connectivity index (χ1n) is 7.23. The second kappa shape index (κ2) is 6.55. The van der Waals surface area contributed by atoms with Crippen LogP contribution in [0.2, 0.25) is 0 Å². The van der Waals surface area contributed by atoms with Gasteiger partial charge in [0.05, 0.1) is 17.4 Å². The summed E-state index contributed by atoms with van der Waals surface area (Å²) in [6, 6.07) is 1.82. The monoisotopic (exact) mass is 261 g/mol. The van der Waals surface area contributed by atoms with Gasteiger partial charge in [-0.1, -0.05) is 20.3 Å². The molecule has 1 aromatic rings. The highest BCUT2D eigenvalue weighted by Gasteiger charge is 2.26. The lowest BCUT2D eigenvalue weighted by atomic mass is 10.1. The second-order valence-electron chi connectivity index (χ2n) is 5.16. The van der Waals surface area contributed by atoms with Gasteiger partial charge < -0.3 is 10.2 Å². The smallest absolute Gasteiger partial charge is 0.256 e. The van der Waals surface area contributed by atoms with E-state index in [-0.39, 0.29) is 5.91 Å². The molecule has 1 aliphatic rings. The number of nitrogens with zero attached hydrogens (tertiary/aromatic N) is 2. The van der Waals surface area contributed by atoms with Crippen molar-refractivity contribution in [2.24, 2.45) is 5.92 Å². The Bertz CT molecular complexity index is 433. The highest BCUT2D eigenvalue weighted by molar-refractivity contribution is 5.99. The number of nitrogens with one attached hydrogen (secondary N) is 1. The van der Waals surface area contributed by atoms with Crippen LogP contribution in [-0.4, -0.2) is 35.4 Å². The highest BCUT2D eigenvalue weighted by Crippen LogP contribution is 2.23. The summed E-state index contributed by atoms with van der Waals surface area (Å²) in [7, 11) is 0. The number of likely N-dealkylation sites (tertiary alicyclic amines) is 1. The predicted molar refractivity (Wildman–Crippen MR) is 77.3 cm³/mol. The normalized spacial score (nSPS) is 18.6. The number of rotatable bonds is 5. The van der Waals surface area contributed by atoms with Crippen molar-refractivity contribution in [1.29, 1.82) is 0 Å². The first-order chi connectivity index (χ1) is 9.26.